The predicted octanol–water partition coefficient (Wildman–Crippen LogP) is 7.65. The molecule has 39 heavy (non-hydrogen) atoms. The minimum absolute atomic E-state index is 0.0129. The van der Waals surface area contributed by atoms with Crippen molar-refractivity contribution in [3.8, 4) is 17.2 Å². The number of phenolic OH excluding ortho intramolecular Hbond substituents is 1. The van der Waals surface area contributed by atoms with Gasteiger partial charge in [-0.1, -0.05) is 86.3 Å². The Hall–Kier alpha value is -4.38. The van der Waals surface area contributed by atoms with Crippen LogP contribution in [0.2, 0.25) is 0 Å². The van der Waals surface area contributed by atoms with Crippen LogP contribution in [0.1, 0.15) is 70.4 Å². The van der Waals surface area contributed by atoms with Gasteiger partial charge in [0, 0.05) is 22.8 Å². The van der Waals surface area contributed by atoms with Gasteiger partial charge in [-0.3, -0.25) is 9.59 Å². The lowest BCUT2D eigenvalue weighted by Crippen LogP contribution is -2.02. The van der Waals surface area contributed by atoms with Crippen LogP contribution in [-0.4, -0.2) is 29.9 Å². The molecule has 0 saturated heterocycles. The van der Waals surface area contributed by atoms with Gasteiger partial charge in [-0.25, -0.2) is 0 Å². The fourth-order valence-corrected chi connectivity index (χ4v) is 4.29. The largest absolute Gasteiger partial charge is 0.507 e. The van der Waals surface area contributed by atoms with Gasteiger partial charge in [0.1, 0.15) is 17.2 Å². The van der Waals surface area contributed by atoms with Gasteiger partial charge < -0.3 is 14.6 Å². The first-order chi connectivity index (χ1) is 19.1. The molecule has 4 aromatic carbocycles. The van der Waals surface area contributed by atoms with Crippen molar-refractivity contribution in [2.75, 3.05) is 13.2 Å². The van der Waals surface area contributed by atoms with Crippen molar-refractivity contribution in [1.29, 1.82) is 0 Å². The van der Waals surface area contributed by atoms with Gasteiger partial charge >= 0.3 is 0 Å². The molecule has 4 rings (SSSR count). The molecule has 4 aromatic rings. The Balaban J connectivity index is 1.05. The molecule has 0 heterocycles. The molecule has 200 valence electrons. The van der Waals surface area contributed by atoms with Crippen LogP contribution < -0.4 is 9.47 Å². The van der Waals surface area contributed by atoms with Crippen LogP contribution in [0.5, 0.6) is 17.2 Å². The molecule has 0 aliphatic carbocycles. The fraction of sp³-hybridized carbons (Fsp3) is 0.235. The summed E-state index contributed by atoms with van der Waals surface area (Å²) in [4.78, 5) is 25.0. The number of phenols is 1. The fourth-order valence-electron chi connectivity index (χ4n) is 4.29. The SMILES string of the molecule is O=C(c1ccccc1)c1ccc(OCCCCCCCCOc2ccc(C(=O)c3ccccc3)c(O)c2)cc1. The Bertz CT molecular complexity index is 1330. The molecule has 1 N–H and O–H groups in total. The molecule has 0 atom stereocenters. The first-order valence-electron chi connectivity index (χ1n) is 13.5. The molecule has 0 fully saturated rings. The number of hydrogen-bond donors (Lipinski definition) is 1. The van der Waals surface area contributed by atoms with E-state index in [0.29, 0.717) is 35.7 Å². The zero-order valence-corrected chi connectivity index (χ0v) is 22.1. The lowest BCUT2D eigenvalue weighted by atomic mass is 10.0. The maximum Gasteiger partial charge on any atom is 0.196 e. The first-order valence-corrected chi connectivity index (χ1v) is 13.5. The van der Waals surface area contributed by atoms with E-state index >= 15 is 0 Å². The van der Waals surface area contributed by atoms with E-state index in [1.165, 1.54) is 6.07 Å². The standard InChI is InChI=1S/C34H34O5/c35-32-25-30(21-22-31(32)34(37)27-15-9-6-10-16-27)39-24-12-4-2-1-3-11-23-38-29-19-17-28(18-20-29)33(36)26-13-7-5-8-14-26/h5-10,13-22,25,35H,1-4,11-12,23-24H2. The number of aromatic hydroxyl groups is 1. The summed E-state index contributed by atoms with van der Waals surface area (Å²) in [7, 11) is 0. The highest BCUT2D eigenvalue weighted by atomic mass is 16.5. The van der Waals surface area contributed by atoms with E-state index < -0.39 is 0 Å². The van der Waals surface area contributed by atoms with E-state index in [1.807, 2.05) is 60.7 Å². The average molecular weight is 523 g/mol. The minimum atomic E-state index is -0.210. The summed E-state index contributed by atoms with van der Waals surface area (Å²) in [5, 5.41) is 10.3. The highest BCUT2D eigenvalue weighted by molar-refractivity contribution is 6.10. The second-order valence-electron chi connectivity index (χ2n) is 9.41. The maximum absolute atomic E-state index is 12.5. The number of unbranched alkanes of at least 4 members (excludes halogenated alkanes) is 5. The minimum Gasteiger partial charge on any atom is -0.507 e. The van der Waals surface area contributed by atoms with E-state index in [-0.39, 0.29) is 22.9 Å². The van der Waals surface area contributed by atoms with Crippen LogP contribution in [0.4, 0.5) is 0 Å². The molecule has 5 nitrogen and oxygen atoms in total. The van der Waals surface area contributed by atoms with Gasteiger partial charge in [0.05, 0.1) is 18.8 Å². The van der Waals surface area contributed by atoms with Crippen molar-refractivity contribution in [1.82, 2.24) is 0 Å². The third-order valence-corrected chi connectivity index (χ3v) is 6.48. The van der Waals surface area contributed by atoms with Crippen molar-refractivity contribution in [3.63, 3.8) is 0 Å². The van der Waals surface area contributed by atoms with Crippen molar-refractivity contribution in [3.05, 3.63) is 125 Å². The summed E-state index contributed by atoms with van der Waals surface area (Å²) in [6, 6.07) is 30.3. The van der Waals surface area contributed by atoms with Crippen LogP contribution in [0.15, 0.2) is 103 Å². The average Bonchev–Trinajstić information content (AvgIpc) is 2.98. The summed E-state index contributed by atoms with van der Waals surface area (Å²) in [5.74, 6) is 1.07. The summed E-state index contributed by atoms with van der Waals surface area (Å²) < 4.78 is 11.6. The summed E-state index contributed by atoms with van der Waals surface area (Å²) in [5.41, 5.74) is 2.15. The second kappa shape index (κ2) is 14.5. The van der Waals surface area contributed by atoms with Gasteiger partial charge in [0.15, 0.2) is 11.6 Å². The number of carbonyl (C=O) groups excluding carboxylic acids is 2. The van der Waals surface area contributed by atoms with Crippen LogP contribution in [0, 0.1) is 0 Å². The summed E-state index contributed by atoms with van der Waals surface area (Å²) in [6.07, 6.45) is 6.31. The van der Waals surface area contributed by atoms with Crippen LogP contribution in [0.3, 0.4) is 0 Å². The van der Waals surface area contributed by atoms with Gasteiger partial charge in [-0.05, 0) is 49.2 Å². The molecule has 5 heteroatoms. The van der Waals surface area contributed by atoms with E-state index in [4.69, 9.17) is 9.47 Å². The lowest BCUT2D eigenvalue weighted by molar-refractivity contribution is 0.102. The van der Waals surface area contributed by atoms with Gasteiger partial charge in [-0.15, -0.1) is 0 Å². The number of benzene rings is 4. The Labute approximate surface area is 230 Å². The number of rotatable bonds is 15. The molecular formula is C34H34O5. The van der Waals surface area contributed by atoms with Crippen LogP contribution in [0.25, 0.3) is 0 Å². The molecule has 0 aliphatic heterocycles. The smallest absolute Gasteiger partial charge is 0.196 e. The number of carbonyl (C=O) groups is 2. The van der Waals surface area contributed by atoms with Crippen molar-refractivity contribution in [2.45, 2.75) is 38.5 Å². The Morgan fingerprint density at radius 1 is 0.513 bits per heavy atom. The van der Waals surface area contributed by atoms with Crippen LogP contribution >= 0.6 is 0 Å². The van der Waals surface area contributed by atoms with Crippen molar-refractivity contribution < 1.29 is 24.2 Å². The zero-order valence-electron chi connectivity index (χ0n) is 22.1. The quantitative estimate of drug-likeness (QED) is 0.128. The number of ketones is 2. The summed E-state index contributed by atoms with van der Waals surface area (Å²) in [6.45, 7) is 1.22. The Morgan fingerprint density at radius 2 is 0.974 bits per heavy atom. The Kier molecular flexibility index (Phi) is 10.3. The normalized spacial score (nSPS) is 10.7. The molecule has 0 unspecified atom stereocenters. The maximum atomic E-state index is 12.5. The highest BCUT2D eigenvalue weighted by Crippen LogP contribution is 2.26. The molecule has 0 bridgehead atoms. The van der Waals surface area contributed by atoms with Crippen LogP contribution in [-0.2, 0) is 0 Å². The second-order valence-corrected chi connectivity index (χ2v) is 9.41. The lowest BCUT2D eigenvalue weighted by Gasteiger charge is -2.09. The van der Waals surface area contributed by atoms with Crippen molar-refractivity contribution in [2.24, 2.45) is 0 Å². The van der Waals surface area contributed by atoms with E-state index in [2.05, 4.69) is 0 Å². The highest BCUT2D eigenvalue weighted by Gasteiger charge is 2.14. The van der Waals surface area contributed by atoms with Gasteiger partial charge in [0.2, 0.25) is 0 Å². The molecule has 0 aliphatic rings. The molecule has 0 spiro atoms. The molecule has 0 saturated carbocycles. The first kappa shape index (κ1) is 27.6. The monoisotopic (exact) mass is 522 g/mol. The predicted molar refractivity (Wildman–Crippen MR) is 153 cm³/mol. The third kappa shape index (κ3) is 8.30. The molecule has 0 aromatic heterocycles. The van der Waals surface area contributed by atoms with Gasteiger partial charge in [-0.2, -0.15) is 0 Å². The number of ether oxygens (including phenoxy) is 2. The summed E-state index contributed by atoms with van der Waals surface area (Å²) >= 11 is 0. The van der Waals surface area contributed by atoms with Crippen molar-refractivity contribution >= 4 is 11.6 Å². The van der Waals surface area contributed by atoms with Gasteiger partial charge in [0.25, 0.3) is 0 Å². The zero-order chi connectivity index (χ0) is 27.3. The molecular weight excluding hydrogens is 488 g/mol. The Morgan fingerprint density at radius 3 is 1.54 bits per heavy atom. The third-order valence-electron chi connectivity index (χ3n) is 6.48. The van der Waals surface area contributed by atoms with E-state index in [9.17, 15) is 14.7 Å². The van der Waals surface area contributed by atoms with E-state index in [1.54, 1.807) is 36.4 Å². The topological polar surface area (TPSA) is 72.8 Å². The van der Waals surface area contributed by atoms with E-state index in [0.717, 1.165) is 44.3 Å². The molecule has 0 radical (unpaired) electrons. The molecule has 0 amide bonds. The number of hydrogen-bond acceptors (Lipinski definition) is 5.